The Morgan fingerprint density at radius 3 is 2.68 bits per heavy atom. The average molecular weight is 529 g/mol. The number of aliphatic hydroxyl groups excluding tert-OH is 1. The largest absolute Gasteiger partial charge is 0.387 e. The predicted octanol–water partition coefficient (Wildman–Crippen LogP) is 5.41. The highest BCUT2D eigenvalue weighted by atomic mass is 32.1. The third kappa shape index (κ3) is 5.25. The summed E-state index contributed by atoms with van der Waals surface area (Å²) in [5, 5.41) is 18.2. The molecule has 0 saturated carbocycles. The maximum Gasteiger partial charge on any atom is 0.233 e. The number of aryl methyl sites for hydroxylation is 1. The molecular weight excluding hydrogens is 499 g/mol. The van der Waals surface area contributed by atoms with Crippen LogP contribution in [-0.2, 0) is 17.6 Å². The van der Waals surface area contributed by atoms with E-state index in [0.717, 1.165) is 64.5 Å². The molecule has 1 aliphatic carbocycles. The number of aliphatic hydroxyl groups is 1. The van der Waals surface area contributed by atoms with Gasteiger partial charge in [-0.25, -0.2) is 9.37 Å². The number of hydrogen-bond acceptors (Lipinski definition) is 6. The highest BCUT2D eigenvalue weighted by Crippen LogP contribution is 2.40. The van der Waals surface area contributed by atoms with E-state index in [2.05, 4.69) is 27.8 Å². The summed E-state index contributed by atoms with van der Waals surface area (Å²) in [6.45, 7) is 0. The third-order valence-electron chi connectivity index (χ3n) is 7.51. The topological polar surface area (TPSA) is 87.1 Å². The van der Waals surface area contributed by atoms with Crippen LogP contribution in [0.5, 0.6) is 0 Å². The molecule has 8 heteroatoms. The summed E-state index contributed by atoms with van der Waals surface area (Å²) in [4.78, 5) is 23.1. The van der Waals surface area contributed by atoms with E-state index in [4.69, 9.17) is 4.98 Å². The Bertz CT molecular complexity index is 1410. The second-order valence-electron chi connectivity index (χ2n) is 10.1. The maximum absolute atomic E-state index is 13.3. The van der Waals surface area contributed by atoms with Gasteiger partial charge in [0, 0.05) is 46.2 Å². The second-order valence-corrected chi connectivity index (χ2v) is 11.2. The first-order chi connectivity index (χ1) is 18.5. The van der Waals surface area contributed by atoms with Crippen molar-refractivity contribution in [3.05, 3.63) is 101 Å². The number of aromatic nitrogens is 2. The van der Waals surface area contributed by atoms with Gasteiger partial charge in [0.15, 0.2) is 0 Å². The van der Waals surface area contributed by atoms with E-state index >= 15 is 0 Å². The van der Waals surface area contributed by atoms with Gasteiger partial charge in [-0.3, -0.25) is 9.78 Å². The number of carbonyl (C=O) groups is 1. The van der Waals surface area contributed by atoms with Crippen molar-refractivity contribution >= 4 is 22.9 Å². The highest BCUT2D eigenvalue weighted by molar-refractivity contribution is 7.15. The van der Waals surface area contributed by atoms with Crippen molar-refractivity contribution in [1.82, 2.24) is 15.3 Å². The number of anilines is 1. The zero-order valence-corrected chi connectivity index (χ0v) is 21.6. The normalized spacial score (nSPS) is 21.3. The maximum atomic E-state index is 13.3. The zero-order chi connectivity index (χ0) is 26.1. The minimum atomic E-state index is -0.563. The van der Waals surface area contributed by atoms with Crippen molar-refractivity contribution in [2.45, 2.75) is 56.2 Å². The van der Waals surface area contributed by atoms with Crippen molar-refractivity contribution in [2.75, 3.05) is 5.32 Å². The molecule has 0 radical (unpaired) electrons. The molecule has 0 bridgehead atoms. The second kappa shape index (κ2) is 10.7. The van der Waals surface area contributed by atoms with Gasteiger partial charge in [0.2, 0.25) is 5.91 Å². The third-order valence-corrected chi connectivity index (χ3v) is 8.69. The van der Waals surface area contributed by atoms with Crippen LogP contribution in [0.1, 0.15) is 53.0 Å². The lowest BCUT2D eigenvalue weighted by Crippen LogP contribution is -2.35. The van der Waals surface area contributed by atoms with Crippen LogP contribution in [0.2, 0.25) is 0 Å². The first-order valence-corrected chi connectivity index (χ1v) is 13.8. The molecule has 2 aromatic heterocycles. The van der Waals surface area contributed by atoms with Crippen LogP contribution in [0.4, 0.5) is 10.1 Å². The van der Waals surface area contributed by atoms with E-state index in [1.54, 1.807) is 35.9 Å². The molecule has 0 unspecified atom stereocenters. The van der Waals surface area contributed by atoms with Crippen molar-refractivity contribution in [2.24, 2.45) is 0 Å². The lowest BCUT2D eigenvalue weighted by molar-refractivity contribution is -0.117. The number of benzene rings is 2. The Kier molecular flexibility index (Phi) is 7.02. The van der Waals surface area contributed by atoms with E-state index in [-0.39, 0.29) is 23.7 Å². The molecule has 38 heavy (non-hydrogen) atoms. The number of pyridine rings is 1. The molecule has 194 valence electrons. The molecule has 3 N–H and O–H groups in total. The number of carbonyl (C=O) groups excluding carboxylic acids is 1. The summed E-state index contributed by atoms with van der Waals surface area (Å²) in [7, 11) is 0. The van der Waals surface area contributed by atoms with Gasteiger partial charge < -0.3 is 15.7 Å². The van der Waals surface area contributed by atoms with Crippen molar-refractivity contribution in [1.29, 1.82) is 0 Å². The van der Waals surface area contributed by atoms with E-state index in [1.165, 1.54) is 17.7 Å². The highest BCUT2D eigenvalue weighted by Gasteiger charge is 2.33. The van der Waals surface area contributed by atoms with Gasteiger partial charge in [-0.1, -0.05) is 18.2 Å². The molecule has 2 aromatic carbocycles. The molecule has 1 saturated heterocycles. The van der Waals surface area contributed by atoms with E-state index in [0.29, 0.717) is 6.04 Å². The van der Waals surface area contributed by atoms with Crippen LogP contribution in [-0.4, -0.2) is 33.1 Å². The summed E-state index contributed by atoms with van der Waals surface area (Å²) in [6.07, 6.45) is 7.22. The van der Waals surface area contributed by atoms with Gasteiger partial charge in [-0.05, 0) is 80.1 Å². The molecular formula is C30H29FN4O2S. The molecule has 4 atom stereocenters. The number of amides is 1. The van der Waals surface area contributed by atoms with E-state index in [9.17, 15) is 14.3 Å². The SMILES string of the molecule is O=C(Nc1ccc(C[C@@H]2CC[C@H]([C@H](O)c3cccnc3)N2)cc1)[C@@H]1CCc2sc(-c3ccc(F)cc3)nc21. The number of nitrogens with one attached hydrogen (secondary N) is 2. The van der Waals surface area contributed by atoms with Crippen molar-refractivity contribution in [3.8, 4) is 10.6 Å². The molecule has 1 aliphatic heterocycles. The molecule has 1 fully saturated rings. The summed E-state index contributed by atoms with van der Waals surface area (Å²) < 4.78 is 13.3. The van der Waals surface area contributed by atoms with Crippen LogP contribution >= 0.6 is 11.3 Å². The minimum absolute atomic E-state index is 0.0216. The smallest absolute Gasteiger partial charge is 0.233 e. The van der Waals surface area contributed by atoms with Crippen LogP contribution in [0.3, 0.4) is 0 Å². The van der Waals surface area contributed by atoms with Gasteiger partial charge in [-0.2, -0.15) is 0 Å². The Morgan fingerprint density at radius 1 is 1.11 bits per heavy atom. The van der Waals surface area contributed by atoms with Crippen LogP contribution in [0.25, 0.3) is 10.6 Å². The van der Waals surface area contributed by atoms with Crippen LogP contribution in [0.15, 0.2) is 73.1 Å². The van der Waals surface area contributed by atoms with Gasteiger partial charge in [0.1, 0.15) is 10.8 Å². The molecule has 6 nitrogen and oxygen atoms in total. The fourth-order valence-corrected chi connectivity index (χ4v) is 6.62. The number of nitrogens with zero attached hydrogens (tertiary/aromatic N) is 2. The Morgan fingerprint density at radius 2 is 1.92 bits per heavy atom. The van der Waals surface area contributed by atoms with Crippen molar-refractivity contribution < 1.29 is 14.3 Å². The summed E-state index contributed by atoms with van der Waals surface area (Å²) in [5.74, 6) is -0.595. The molecule has 1 amide bonds. The van der Waals surface area contributed by atoms with Crippen LogP contribution in [0, 0.1) is 5.82 Å². The summed E-state index contributed by atoms with van der Waals surface area (Å²) >= 11 is 1.59. The molecule has 6 rings (SSSR count). The first-order valence-electron chi connectivity index (χ1n) is 13.0. The molecule has 4 aromatic rings. The number of halogens is 1. The van der Waals surface area contributed by atoms with Crippen molar-refractivity contribution in [3.63, 3.8) is 0 Å². The number of thiazole rings is 1. The molecule has 3 heterocycles. The van der Waals surface area contributed by atoms with Gasteiger partial charge in [0.05, 0.1) is 17.7 Å². The van der Waals surface area contributed by atoms with Gasteiger partial charge in [0.25, 0.3) is 0 Å². The Balaban J connectivity index is 1.04. The lowest BCUT2D eigenvalue weighted by Gasteiger charge is -2.20. The standard InChI is InChI=1S/C30H29FN4O2S/c31-21-7-5-19(6-8-21)30-35-27-24(12-14-26(27)38-30)29(37)34-22-9-3-18(4-10-22)16-23-11-13-25(33-23)28(36)20-2-1-15-32-17-20/h1-10,15,17,23-25,28,33,36H,11-14,16H2,(H,34,37)/t23-,24+,25+,28+/m0/s1. The molecule has 0 spiro atoms. The fourth-order valence-electron chi connectivity index (χ4n) is 5.48. The summed E-state index contributed by atoms with van der Waals surface area (Å²) in [6, 6.07) is 18.4. The van der Waals surface area contributed by atoms with Gasteiger partial charge >= 0.3 is 0 Å². The monoisotopic (exact) mass is 528 g/mol. The first kappa shape index (κ1) is 24.9. The predicted molar refractivity (Wildman–Crippen MR) is 146 cm³/mol. The number of hydrogen-bond donors (Lipinski definition) is 3. The Hall–Kier alpha value is -3.46. The van der Waals surface area contributed by atoms with E-state index in [1.807, 2.05) is 24.3 Å². The van der Waals surface area contributed by atoms with Crippen LogP contribution < -0.4 is 10.6 Å². The zero-order valence-electron chi connectivity index (χ0n) is 20.8. The lowest BCUT2D eigenvalue weighted by atomic mass is 10.0. The van der Waals surface area contributed by atoms with E-state index < -0.39 is 6.10 Å². The quantitative estimate of drug-likeness (QED) is 0.299. The summed E-state index contributed by atoms with van der Waals surface area (Å²) in [5.41, 5.74) is 4.51. The fraction of sp³-hybridized carbons (Fsp3) is 0.300. The van der Waals surface area contributed by atoms with Gasteiger partial charge in [-0.15, -0.1) is 11.3 Å². The number of rotatable bonds is 7. The Labute approximate surface area is 225 Å². The average Bonchev–Trinajstić information content (AvgIpc) is 3.67. The minimum Gasteiger partial charge on any atom is -0.387 e. The number of fused-ring (bicyclic) bond motifs is 1. The molecule has 2 aliphatic rings.